The molecule has 0 aliphatic rings. The van der Waals surface area contributed by atoms with Gasteiger partial charge >= 0.3 is 5.97 Å². The van der Waals surface area contributed by atoms with Crippen molar-refractivity contribution in [3.8, 4) is 0 Å². The highest BCUT2D eigenvalue weighted by atomic mass is 16.5. The van der Waals surface area contributed by atoms with Crippen LogP contribution >= 0.6 is 0 Å². The molecular formula is C7H15N3O2. The molecule has 5 heteroatoms. The number of ether oxygens (including phenoxy) is 1. The van der Waals surface area contributed by atoms with Gasteiger partial charge in [0.15, 0.2) is 0 Å². The third-order valence-electron chi connectivity index (χ3n) is 1.13. The Bertz CT molecular complexity index is 159. The Morgan fingerprint density at radius 1 is 1.67 bits per heavy atom. The zero-order valence-corrected chi connectivity index (χ0v) is 7.22. The number of nitrogens with two attached hydrogens (primary N) is 1. The van der Waals surface area contributed by atoms with Crippen LogP contribution in [-0.2, 0) is 9.53 Å². The Morgan fingerprint density at radius 2 is 2.33 bits per heavy atom. The average Bonchev–Trinajstić information content (AvgIpc) is 1.98. The molecule has 0 radical (unpaired) electrons. The quantitative estimate of drug-likeness (QED) is 0.218. The molecule has 0 aliphatic carbocycles. The highest BCUT2D eigenvalue weighted by Gasteiger charge is 1.99. The van der Waals surface area contributed by atoms with E-state index >= 15 is 0 Å². The van der Waals surface area contributed by atoms with Crippen molar-refractivity contribution in [2.24, 2.45) is 5.73 Å². The van der Waals surface area contributed by atoms with Gasteiger partial charge in [-0.15, -0.1) is 0 Å². The fraction of sp³-hybridized carbons (Fsp3) is 0.714. The molecule has 0 atom stereocenters. The fourth-order valence-corrected chi connectivity index (χ4v) is 0.647. The zero-order chi connectivity index (χ0) is 9.40. The molecule has 5 nitrogen and oxygen atoms in total. The van der Waals surface area contributed by atoms with E-state index in [0.29, 0.717) is 26.1 Å². The Morgan fingerprint density at radius 3 is 2.83 bits per heavy atom. The molecule has 0 fully saturated rings. The number of rotatable bonds is 6. The van der Waals surface area contributed by atoms with Crippen molar-refractivity contribution in [3.05, 3.63) is 0 Å². The molecule has 0 amide bonds. The van der Waals surface area contributed by atoms with Crippen molar-refractivity contribution in [2.45, 2.75) is 13.3 Å². The number of amidine groups is 1. The van der Waals surface area contributed by atoms with Gasteiger partial charge in [0.25, 0.3) is 0 Å². The monoisotopic (exact) mass is 173 g/mol. The summed E-state index contributed by atoms with van der Waals surface area (Å²) in [5, 5.41) is 9.68. The minimum Gasteiger partial charge on any atom is -0.466 e. The lowest BCUT2D eigenvalue weighted by Gasteiger charge is -2.02. The molecule has 0 heterocycles. The number of esters is 1. The third kappa shape index (κ3) is 7.01. The van der Waals surface area contributed by atoms with Crippen LogP contribution in [0.25, 0.3) is 0 Å². The van der Waals surface area contributed by atoms with Crippen LogP contribution in [0.2, 0.25) is 0 Å². The van der Waals surface area contributed by atoms with Gasteiger partial charge in [0.05, 0.1) is 19.6 Å². The maximum atomic E-state index is 10.7. The lowest BCUT2D eigenvalue weighted by molar-refractivity contribution is -0.142. The van der Waals surface area contributed by atoms with Crippen molar-refractivity contribution in [3.63, 3.8) is 0 Å². The number of hydrogen-bond donors (Lipinski definition) is 3. The minimum absolute atomic E-state index is 0.0684. The zero-order valence-electron chi connectivity index (χ0n) is 7.22. The van der Waals surface area contributed by atoms with Crippen molar-refractivity contribution in [2.75, 3.05) is 19.7 Å². The van der Waals surface area contributed by atoms with Crippen molar-refractivity contribution >= 4 is 11.8 Å². The lowest BCUT2D eigenvalue weighted by atomic mass is 10.4. The first kappa shape index (κ1) is 10.9. The van der Waals surface area contributed by atoms with Crippen LogP contribution in [0.4, 0.5) is 0 Å². The summed E-state index contributed by atoms with van der Waals surface area (Å²) in [5.41, 5.74) is 5.07. The van der Waals surface area contributed by atoms with Crippen molar-refractivity contribution in [1.29, 1.82) is 5.41 Å². The highest BCUT2D eigenvalue weighted by Crippen LogP contribution is 1.83. The Labute approximate surface area is 71.8 Å². The van der Waals surface area contributed by atoms with Crippen LogP contribution in [0.15, 0.2) is 0 Å². The molecule has 0 bridgehead atoms. The second kappa shape index (κ2) is 6.60. The Balaban J connectivity index is 3.19. The van der Waals surface area contributed by atoms with E-state index in [1.54, 1.807) is 6.92 Å². The largest absolute Gasteiger partial charge is 0.466 e. The van der Waals surface area contributed by atoms with Crippen LogP contribution in [0.1, 0.15) is 13.3 Å². The molecular weight excluding hydrogens is 158 g/mol. The molecule has 12 heavy (non-hydrogen) atoms. The Kier molecular flexibility index (Phi) is 6.00. The maximum absolute atomic E-state index is 10.7. The summed E-state index contributed by atoms with van der Waals surface area (Å²) in [4.78, 5) is 10.7. The smallest absolute Gasteiger partial charge is 0.307 e. The molecule has 0 aromatic heterocycles. The predicted octanol–water partition coefficient (Wildman–Crippen LogP) is -0.535. The van der Waals surface area contributed by atoms with Crippen LogP contribution < -0.4 is 11.1 Å². The Hall–Kier alpha value is -1.10. The normalized spacial score (nSPS) is 9.42. The summed E-state index contributed by atoms with van der Waals surface area (Å²) in [5.74, 6) is -0.160. The second-order valence-electron chi connectivity index (χ2n) is 2.26. The molecule has 0 saturated carbocycles. The molecule has 0 saturated heterocycles. The number of hydrogen-bond acceptors (Lipinski definition) is 4. The van der Waals surface area contributed by atoms with E-state index in [2.05, 4.69) is 10.1 Å². The second-order valence-corrected chi connectivity index (χ2v) is 2.26. The van der Waals surface area contributed by atoms with E-state index in [9.17, 15) is 4.79 Å². The topological polar surface area (TPSA) is 88.2 Å². The average molecular weight is 173 g/mol. The van der Waals surface area contributed by atoms with Gasteiger partial charge in [-0.1, -0.05) is 0 Å². The molecule has 0 aromatic carbocycles. The maximum Gasteiger partial charge on any atom is 0.307 e. The minimum atomic E-state index is -0.228. The standard InChI is InChI=1S/C7H15N3O2/c1-2-12-7(11)3-4-10-5-6(8)9/h10H,2-5H2,1H3,(H3,8,9). The molecule has 0 unspecified atom stereocenters. The lowest BCUT2D eigenvalue weighted by Crippen LogP contribution is -2.29. The molecule has 0 aromatic rings. The van der Waals surface area contributed by atoms with Crippen LogP contribution in [0, 0.1) is 5.41 Å². The number of carbonyl (C=O) groups excluding carboxylic acids is 1. The number of carbonyl (C=O) groups is 1. The van der Waals surface area contributed by atoms with Gasteiger partial charge in [0.2, 0.25) is 0 Å². The van der Waals surface area contributed by atoms with Gasteiger partial charge in [0, 0.05) is 6.54 Å². The predicted molar refractivity (Wildman–Crippen MR) is 46.0 cm³/mol. The van der Waals surface area contributed by atoms with Crippen molar-refractivity contribution in [1.82, 2.24) is 5.32 Å². The van der Waals surface area contributed by atoms with Gasteiger partial charge in [-0.2, -0.15) is 0 Å². The first-order valence-corrected chi connectivity index (χ1v) is 3.86. The summed E-state index contributed by atoms with van der Waals surface area (Å²) in [7, 11) is 0. The molecule has 0 aliphatic heterocycles. The summed E-state index contributed by atoms with van der Waals surface area (Å²) in [6, 6.07) is 0. The van der Waals surface area contributed by atoms with Gasteiger partial charge in [-0.3, -0.25) is 10.2 Å². The van der Waals surface area contributed by atoms with E-state index < -0.39 is 0 Å². The van der Waals surface area contributed by atoms with E-state index in [1.807, 2.05) is 0 Å². The van der Waals surface area contributed by atoms with E-state index in [1.165, 1.54) is 0 Å². The first-order chi connectivity index (χ1) is 5.66. The van der Waals surface area contributed by atoms with E-state index in [-0.39, 0.29) is 11.8 Å². The van der Waals surface area contributed by atoms with Crippen LogP contribution in [-0.4, -0.2) is 31.5 Å². The van der Waals surface area contributed by atoms with Crippen molar-refractivity contribution < 1.29 is 9.53 Å². The molecule has 0 rings (SSSR count). The summed E-state index contributed by atoms with van der Waals surface area (Å²) >= 11 is 0. The van der Waals surface area contributed by atoms with Gasteiger partial charge < -0.3 is 15.8 Å². The summed E-state index contributed by atoms with van der Waals surface area (Å²) in [6.07, 6.45) is 0.321. The molecule has 4 N–H and O–H groups in total. The SMILES string of the molecule is CCOC(=O)CCNCC(=N)N. The first-order valence-electron chi connectivity index (χ1n) is 3.86. The van der Waals surface area contributed by atoms with Crippen LogP contribution in [0.3, 0.4) is 0 Å². The summed E-state index contributed by atoms with van der Waals surface area (Å²) < 4.78 is 4.69. The van der Waals surface area contributed by atoms with Gasteiger partial charge in [-0.05, 0) is 6.92 Å². The van der Waals surface area contributed by atoms with Gasteiger partial charge in [0.1, 0.15) is 5.84 Å². The molecule has 0 spiro atoms. The molecule has 70 valence electrons. The third-order valence-corrected chi connectivity index (χ3v) is 1.13. The number of nitrogens with one attached hydrogen (secondary N) is 2. The fourth-order valence-electron chi connectivity index (χ4n) is 0.647. The highest BCUT2D eigenvalue weighted by molar-refractivity contribution is 5.79. The summed E-state index contributed by atoms with van der Waals surface area (Å²) in [6.45, 7) is 2.99. The van der Waals surface area contributed by atoms with E-state index in [4.69, 9.17) is 11.1 Å². The van der Waals surface area contributed by atoms with Gasteiger partial charge in [-0.25, -0.2) is 0 Å². The van der Waals surface area contributed by atoms with E-state index in [0.717, 1.165) is 0 Å². The van der Waals surface area contributed by atoms with Crippen LogP contribution in [0.5, 0.6) is 0 Å².